The van der Waals surface area contributed by atoms with Crippen molar-refractivity contribution in [2.75, 3.05) is 20.3 Å². The van der Waals surface area contributed by atoms with Gasteiger partial charge in [-0.25, -0.2) is 4.79 Å². The molecule has 1 saturated heterocycles. The number of benzene rings is 1. The second kappa shape index (κ2) is 8.24. The van der Waals surface area contributed by atoms with Crippen LogP contribution in [0, 0.1) is 12.3 Å². The van der Waals surface area contributed by atoms with E-state index in [-0.39, 0.29) is 29.6 Å². The van der Waals surface area contributed by atoms with Gasteiger partial charge in [0, 0.05) is 11.1 Å². The van der Waals surface area contributed by atoms with Crippen LogP contribution in [-0.2, 0) is 14.3 Å². The van der Waals surface area contributed by atoms with Gasteiger partial charge in [0.15, 0.2) is 0 Å². The fourth-order valence-electron chi connectivity index (χ4n) is 4.68. The van der Waals surface area contributed by atoms with Crippen LogP contribution in [0.15, 0.2) is 24.3 Å². The maximum atomic E-state index is 13.0. The molecule has 1 fully saturated rings. The molecule has 0 aliphatic carbocycles. The number of hydrogen-bond donors (Lipinski definition) is 0. The van der Waals surface area contributed by atoms with Crippen molar-refractivity contribution >= 4 is 11.9 Å². The first-order valence-corrected chi connectivity index (χ1v) is 10.1. The third-order valence-corrected chi connectivity index (χ3v) is 6.13. The van der Waals surface area contributed by atoms with E-state index in [2.05, 4.69) is 39.6 Å². The Bertz CT molecular complexity index is 705. The van der Waals surface area contributed by atoms with Crippen LogP contribution in [0.3, 0.4) is 0 Å². The van der Waals surface area contributed by atoms with Gasteiger partial charge in [0.1, 0.15) is 0 Å². The Hall–Kier alpha value is -1.88. The molecule has 5 nitrogen and oxygen atoms in total. The van der Waals surface area contributed by atoms with Crippen molar-refractivity contribution in [2.45, 2.75) is 71.9 Å². The Morgan fingerprint density at radius 2 is 1.68 bits per heavy atom. The number of carbonyl (C=O) groups is 2. The molecular formula is C23H35NO4. The van der Waals surface area contributed by atoms with Crippen molar-refractivity contribution in [3.8, 4) is 0 Å². The van der Waals surface area contributed by atoms with E-state index in [9.17, 15) is 9.59 Å². The SMILES string of the molecule is CCOC(=O)C1(CCOC(=O)c2cccc(C)c2)CC(C)(C)N(C)C(C)(C)C1. The minimum atomic E-state index is -0.664. The molecule has 1 aliphatic heterocycles. The molecule has 0 bridgehead atoms. The van der Waals surface area contributed by atoms with Crippen molar-refractivity contribution in [3.05, 3.63) is 35.4 Å². The van der Waals surface area contributed by atoms with Crippen molar-refractivity contribution in [3.63, 3.8) is 0 Å². The largest absolute Gasteiger partial charge is 0.466 e. The number of carbonyl (C=O) groups excluding carboxylic acids is 2. The van der Waals surface area contributed by atoms with Gasteiger partial charge in [0.2, 0.25) is 0 Å². The molecule has 0 spiro atoms. The third-order valence-electron chi connectivity index (χ3n) is 6.13. The first kappa shape index (κ1) is 22.4. The first-order chi connectivity index (χ1) is 12.9. The standard InChI is InChI=1S/C23H35NO4/c1-8-27-20(26)23(15-21(3,4)24(7)22(5,6)16-23)12-13-28-19(25)18-11-9-10-17(2)14-18/h9-11,14H,8,12-13,15-16H2,1-7H3. The van der Waals surface area contributed by atoms with Gasteiger partial charge in [-0.15, -0.1) is 0 Å². The van der Waals surface area contributed by atoms with Gasteiger partial charge in [-0.05, 0) is 80.0 Å². The van der Waals surface area contributed by atoms with E-state index in [0.717, 1.165) is 5.56 Å². The van der Waals surface area contributed by atoms with E-state index < -0.39 is 5.41 Å². The van der Waals surface area contributed by atoms with Crippen LogP contribution in [0.1, 0.15) is 69.8 Å². The summed E-state index contributed by atoms with van der Waals surface area (Å²) < 4.78 is 11.0. The normalized spacial score (nSPS) is 20.4. The minimum absolute atomic E-state index is 0.172. The molecule has 1 heterocycles. The summed E-state index contributed by atoms with van der Waals surface area (Å²) in [5, 5.41) is 0. The molecular weight excluding hydrogens is 354 g/mol. The molecule has 0 N–H and O–H groups in total. The maximum absolute atomic E-state index is 13.0. The molecule has 0 aromatic heterocycles. The number of piperidine rings is 1. The molecule has 0 radical (unpaired) electrons. The summed E-state index contributed by atoms with van der Waals surface area (Å²) in [6, 6.07) is 7.34. The lowest BCUT2D eigenvalue weighted by Gasteiger charge is -2.57. The highest BCUT2D eigenvalue weighted by Crippen LogP contribution is 2.50. The Balaban J connectivity index is 2.18. The second-order valence-electron chi connectivity index (χ2n) is 9.29. The van der Waals surface area contributed by atoms with E-state index in [1.54, 1.807) is 6.07 Å². The first-order valence-electron chi connectivity index (χ1n) is 10.1. The van der Waals surface area contributed by atoms with Gasteiger partial charge < -0.3 is 9.47 Å². The Labute approximate surface area is 169 Å². The number of esters is 2. The minimum Gasteiger partial charge on any atom is -0.466 e. The summed E-state index contributed by atoms with van der Waals surface area (Å²) in [5.41, 5.74) is 0.539. The summed E-state index contributed by atoms with van der Waals surface area (Å²) in [4.78, 5) is 27.7. The second-order valence-corrected chi connectivity index (χ2v) is 9.29. The summed E-state index contributed by atoms with van der Waals surface area (Å²) >= 11 is 0. The predicted molar refractivity (Wildman–Crippen MR) is 110 cm³/mol. The van der Waals surface area contributed by atoms with Crippen LogP contribution in [-0.4, -0.2) is 48.2 Å². The van der Waals surface area contributed by atoms with Crippen LogP contribution in [0.2, 0.25) is 0 Å². The van der Waals surface area contributed by atoms with Crippen LogP contribution in [0.25, 0.3) is 0 Å². The van der Waals surface area contributed by atoms with E-state index in [1.807, 2.05) is 32.0 Å². The summed E-state index contributed by atoms with van der Waals surface area (Å²) in [6.07, 6.45) is 1.80. The van der Waals surface area contributed by atoms with Gasteiger partial charge >= 0.3 is 11.9 Å². The molecule has 1 aromatic rings. The number of aryl methyl sites for hydroxylation is 1. The van der Waals surface area contributed by atoms with E-state index >= 15 is 0 Å². The zero-order chi connectivity index (χ0) is 21.2. The fourth-order valence-corrected chi connectivity index (χ4v) is 4.68. The lowest BCUT2D eigenvalue weighted by atomic mass is 9.63. The quantitative estimate of drug-likeness (QED) is 0.676. The van der Waals surface area contributed by atoms with E-state index in [1.165, 1.54) is 0 Å². The lowest BCUT2D eigenvalue weighted by molar-refractivity contribution is -0.171. The fraction of sp³-hybridized carbons (Fsp3) is 0.652. The van der Waals surface area contributed by atoms with Crippen molar-refractivity contribution < 1.29 is 19.1 Å². The molecule has 1 aliphatic rings. The molecule has 5 heteroatoms. The van der Waals surface area contributed by atoms with Crippen molar-refractivity contribution in [1.29, 1.82) is 0 Å². The zero-order valence-electron chi connectivity index (χ0n) is 18.4. The monoisotopic (exact) mass is 389 g/mol. The van der Waals surface area contributed by atoms with Crippen molar-refractivity contribution in [2.24, 2.45) is 5.41 Å². The smallest absolute Gasteiger partial charge is 0.338 e. The van der Waals surface area contributed by atoms with Crippen LogP contribution in [0.4, 0.5) is 0 Å². The average Bonchev–Trinajstić information content (AvgIpc) is 2.59. The molecule has 0 unspecified atom stereocenters. The predicted octanol–water partition coefficient (Wildman–Crippen LogP) is 4.37. The van der Waals surface area contributed by atoms with Gasteiger partial charge in [-0.3, -0.25) is 9.69 Å². The number of likely N-dealkylation sites (tertiary alicyclic amines) is 1. The van der Waals surface area contributed by atoms with Crippen molar-refractivity contribution in [1.82, 2.24) is 4.90 Å². The summed E-state index contributed by atoms with van der Waals surface area (Å²) in [6.45, 7) is 12.9. The molecule has 0 atom stereocenters. The number of ether oxygens (including phenoxy) is 2. The van der Waals surface area contributed by atoms with Gasteiger partial charge in [0.25, 0.3) is 0 Å². The lowest BCUT2D eigenvalue weighted by Crippen LogP contribution is -2.63. The number of rotatable bonds is 6. The molecule has 0 amide bonds. The number of hydrogen-bond acceptors (Lipinski definition) is 5. The molecule has 28 heavy (non-hydrogen) atoms. The molecule has 1 aromatic carbocycles. The summed E-state index contributed by atoms with van der Waals surface area (Å²) in [7, 11) is 2.10. The Kier molecular flexibility index (Phi) is 6.59. The highest BCUT2D eigenvalue weighted by atomic mass is 16.5. The van der Waals surface area contributed by atoms with Crippen LogP contribution < -0.4 is 0 Å². The summed E-state index contributed by atoms with van der Waals surface area (Å²) in [5.74, 6) is -0.537. The van der Waals surface area contributed by atoms with E-state index in [0.29, 0.717) is 31.4 Å². The van der Waals surface area contributed by atoms with Gasteiger partial charge in [-0.1, -0.05) is 17.7 Å². The van der Waals surface area contributed by atoms with E-state index in [4.69, 9.17) is 9.47 Å². The van der Waals surface area contributed by atoms with Gasteiger partial charge in [0.05, 0.1) is 24.2 Å². The molecule has 156 valence electrons. The van der Waals surface area contributed by atoms with Crippen LogP contribution in [0.5, 0.6) is 0 Å². The average molecular weight is 390 g/mol. The third kappa shape index (κ3) is 4.75. The highest BCUT2D eigenvalue weighted by Gasteiger charge is 2.55. The molecule has 0 saturated carbocycles. The van der Waals surface area contributed by atoms with Gasteiger partial charge in [-0.2, -0.15) is 0 Å². The topological polar surface area (TPSA) is 55.8 Å². The molecule has 2 rings (SSSR count). The highest BCUT2D eigenvalue weighted by molar-refractivity contribution is 5.89. The van der Waals surface area contributed by atoms with Crippen LogP contribution >= 0.6 is 0 Å². The number of nitrogens with zero attached hydrogens (tertiary/aromatic N) is 1. The zero-order valence-corrected chi connectivity index (χ0v) is 18.4. The maximum Gasteiger partial charge on any atom is 0.338 e. The Morgan fingerprint density at radius 3 is 2.21 bits per heavy atom. The Morgan fingerprint density at radius 1 is 1.07 bits per heavy atom.